The summed E-state index contributed by atoms with van der Waals surface area (Å²) >= 11 is 0. The molecule has 0 bridgehead atoms. The van der Waals surface area contributed by atoms with Crippen LogP contribution in [0.15, 0.2) is 12.1 Å². The Labute approximate surface area is 123 Å². The number of fused-ring (bicyclic) bond motifs is 1. The summed E-state index contributed by atoms with van der Waals surface area (Å²) in [7, 11) is 0. The van der Waals surface area contributed by atoms with Gasteiger partial charge < -0.3 is 19.9 Å². The highest BCUT2D eigenvalue weighted by Gasteiger charge is 2.17. The van der Waals surface area contributed by atoms with E-state index in [9.17, 15) is 15.0 Å². The number of aryl methyl sites for hydroxylation is 2. The van der Waals surface area contributed by atoms with Crippen LogP contribution in [0.1, 0.15) is 33.6 Å². The average Bonchev–Trinajstić information content (AvgIpc) is 2.70. The molecule has 21 heavy (non-hydrogen) atoms. The second kappa shape index (κ2) is 6.28. The maximum Gasteiger partial charge on any atom is 0.335 e. The molecule has 1 heterocycles. The third-order valence-electron chi connectivity index (χ3n) is 3.89. The van der Waals surface area contributed by atoms with Crippen molar-refractivity contribution in [1.29, 1.82) is 0 Å². The number of carboxylic acid groups (broad SMARTS) is 1. The standard InChI is InChI=1S/C16H21NO4/c1-10-8-12(16(20)21)9-14-13(4-3-6-18)11(2)17(5-7-19)15(10)14/h8-9,18-19H,3-7H2,1-2H3,(H,20,21). The highest BCUT2D eigenvalue weighted by Crippen LogP contribution is 2.30. The summed E-state index contributed by atoms with van der Waals surface area (Å²) in [5.41, 5.74) is 4.21. The number of hydrogen-bond donors (Lipinski definition) is 3. The molecule has 0 fully saturated rings. The van der Waals surface area contributed by atoms with Crippen molar-refractivity contribution >= 4 is 16.9 Å². The molecule has 0 radical (unpaired) electrons. The molecule has 5 heteroatoms. The third-order valence-corrected chi connectivity index (χ3v) is 3.89. The van der Waals surface area contributed by atoms with Crippen LogP contribution in [0.5, 0.6) is 0 Å². The summed E-state index contributed by atoms with van der Waals surface area (Å²) < 4.78 is 2.03. The summed E-state index contributed by atoms with van der Waals surface area (Å²) in [6.07, 6.45) is 1.33. The normalized spacial score (nSPS) is 11.2. The lowest BCUT2D eigenvalue weighted by Gasteiger charge is -2.08. The number of aliphatic hydroxyl groups excluding tert-OH is 2. The van der Waals surface area contributed by atoms with Gasteiger partial charge in [-0.2, -0.15) is 0 Å². The molecule has 1 aromatic heterocycles. The van der Waals surface area contributed by atoms with Gasteiger partial charge in [-0.25, -0.2) is 4.79 Å². The smallest absolute Gasteiger partial charge is 0.335 e. The van der Waals surface area contributed by atoms with Crippen LogP contribution in [0.3, 0.4) is 0 Å². The maximum atomic E-state index is 11.3. The quantitative estimate of drug-likeness (QED) is 0.759. The molecule has 0 aliphatic rings. The monoisotopic (exact) mass is 291 g/mol. The number of aromatic carboxylic acids is 1. The molecule has 0 amide bonds. The van der Waals surface area contributed by atoms with Gasteiger partial charge in [-0.15, -0.1) is 0 Å². The fraction of sp³-hybridized carbons (Fsp3) is 0.438. The summed E-state index contributed by atoms with van der Waals surface area (Å²) in [6.45, 7) is 4.47. The van der Waals surface area contributed by atoms with Crippen molar-refractivity contribution in [1.82, 2.24) is 4.57 Å². The minimum absolute atomic E-state index is 0.0319. The molecule has 114 valence electrons. The van der Waals surface area contributed by atoms with Crippen molar-refractivity contribution in [3.63, 3.8) is 0 Å². The van der Waals surface area contributed by atoms with Crippen LogP contribution in [0, 0.1) is 13.8 Å². The van der Waals surface area contributed by atoms with E-state index in [1.165, 1.54) is 0 Å². The number of nitrogens with zero attached hydrogens (tertiary/aromatic N) is 1. The van der Waals surface area contributed by atoms with Gasteiger partial charge in [-0.1, -0.05) is 0 Å². The largest absolute Gasteiger partial charge is 0.478 e. The van der Waals surface area contributed by atoms with Crippen LogP contribution in [0.25, 0.3) is 10.9 Å². The van der Waals surface area contributed by atoms with Crippen LogP contribution in [-0.2, 0) is 13.0 Å². The Kier molecular flexibility index (Phi) is 4.65. The molecule has 2 rings (SSSR count). The zero-order valence-electron chi connectivity index (χ0n) is 12.4. The summed E-state index contributed by atoms with van der Waals surface area (Å²) in [6, 6.07) is 3.35. The Hall–Kier alpha value is -1.85. The van der Waals surface area contributed by atoms with E-state index in [-0.39, 0.29) is 18.8 Å². The number of hydrogen-bond acceptors (Lipinski definition) is 3. The van der Waals surface area contributed by atoms with Crippen LogP contribution >= 0.6 is 0 Å². The van der Waals surface area contributed by atoms with E-state index in [2.05, 4.69) is 0 Å². The zero-order valence-corrected chi connectivity index (χ0v) is 12.4. The van der Waals surface area contributed by atoms with Gasteiger partial charge >= 0.3 is 5.97 Å². The maximum absolute atomic E-state index is 11.3. The topological polar surface area (TPSA) is 82.7 Å². The first-order valence-corrected chi connectivity index (χ1v) is 7.08. The predicted octanol–water partition coefficient (Wildman–Crippen LogP) is 1.87. The molecule has 0 aliphatic carbocycles. The minimum Gasteiger partial charge on any atom is -0.478 e. The van der Waals surface area contributed by atoms with E-state index in [1.807, 2.05) is 18.4 Å². The van der Waals surface area contributed by atoms with Gasteiger partial charge in [0, 0.05) is 24.2 Å². The van der Waals surface area contributed by atoms with Crippen LogP contribution in [0.4, 0.5) is 0 Å². The van der Waals surface area contributed by atoms with E-state index in [0.29, 0.717) is 19.4 Å². The van der Waals surface area contributed by atoms with Crippen molar-refractivity contribution in [2.75, 3.05) is 13.2 Å². The highest BCUT2D eigenvalue weighted by molar-refractivity contribution is 5.97. The summed E-state index contributed by atoms with van der Waals surface area (Å²) in [5.74, 6) is -0.944. The predicted molar refractivity (Wildman–Crippen MR) is 80.9 cm³/mol. The number of aromatic nitrogens is 1. The fourth-order valence-electron chi connectivity index (χ4n) is 2.97. The van der Waals surface area contributed by atoms with E-state index < -0.39 is 5.97 Å². The second-order valence-electron chi connectivity index (χ2n) is 5.26. The van der Waals surface area contributed by atoms with E-state index in [1.54, 1.807) is 12.1 Å². The lowest BCUT2D eigenvalue weighted by molar-refractivity contribution is 0.0697. The number of carboxylic acids is 1. The molecule has 0 saturated heterocycles. The second-order valence-corrected chi connectivity index (χ2v) is 5.26. The van der Waals surface area contributed by atoms with Gasteiger partial charge in [0.05, 0.1) is 17.7 Å². The van der Waals surface area contributed by atoms with Crippen LogP contribution < -0.4 is 0 Å². The van der Waals surface area contributed by atoms with Crippen molar-refractivity contribution in [2.24, 2.45) is 0 Å². The molecular weight excluding hydrogens is 270 g/mol. The molecule has 3 N–H and O–H groups in total. The first-order chi connectivity index (χ1) is 10.0. The molecule has 0 atom stereocenters. The molecule has 2 aromatic rings. The van der Waals surface area contributed by atoms with E-state index in [4.69, 9.17) is 5.11 Å². The Bertz CT molecular complexity index is 673. The fourth-order valence-corrected chi connectivity index (χ4v) is 2.97. The van der Waals surface area contributed by atoms with Crippen molar-refractivity contribution in [3.8, 4) is 0 Å². The Morgan fingerprint density at radius 3 is 2.48 bits per heavy atom. The summed E-state index contributed by atoms with van der Waals surface area (Å²) in [5, 5.41) is 28.5. The third kappa shape index (κ3) is 2.80. The SMILES string of the molecule is Cc1cc(C(=O)O)cc2c(CCCO)c(C)n(CCO)c12. The van der Waals surface area contributed by atoms with Gasteiger partial charge in [0.15, 0.2) is 0 Å². The molecule has 0 saturated carbocycles. The van der Waals surface area contributed by atoms with Gasteiger partial charge in [-0.3, -0.25) is 0 Å². The number of aliphatic hydroxyl groups is 2. The first-order valence-electron chi connectivity index (χ1n) is 7.08. The average molecular weight is 291 g/mol. The van der Waals surface area contributed by atoms with Gasteiger partial charge in [0.1, 0.15) is 0 Å². The molecular formula is C16H21NO4. The van der Waals surface area contributed by atoms with Crippen LogP contribution in [0.2, 0.25) is 0 Å². The van der Waals surface area contributed by atoms with Crippen molar-refractivity contribution in [2.45, 2.75) is 33.2 Å². The first kappa shape index (κ1) is 15.5. The van der Waals surface area contributed by atoms with Gasteiger partial charge in [0.2, 0.25) is 0 Å². The Morgan fingerprint density at radius 2 is 1.90 bits per heavy atom. The lowest BCUT2D eigenvalue weighted by Crippen LogP contribution is -2.05. The number of carbonyl (C=O) groups is 1. The minimum atomic E-state index is -0.944. The van der Waals surface area contributed by atoms with Crippen molar-refractivity contribution < 1.29 is 20.1 Å². The Morgan fingerprint density at radius 1 is 1.19 bits per heavy atom. The molecule has 0 unspecified atom stereocenters. The van der Waals surface area contributed by atoms with Gasteiger partial charge in [-0.05, 0) is 49.9 Å². The van der Waals surface area contributed by atoms with E-state index in [0.717, 1.165) is 27.7 Å². The molecule has 0 aliphatic heterocycles. The number of rotatable bonds is 6. The van der Waals surface area contributed by atoms with Gasteiger partial charge in [0.25, 0.3) is 0 Å². The van der Waals surface area contributed by atoms with Crippen LogP contribution in [-0.4, -0.2) is 39.1 Å². The molecule has 5 nitrogen and oxygen atoms in total. The van der Waals surface area contributed by atoms with Crippen molar-refractivity contribution in [3.05, 3.63) is 34.5 Å². The molecule has 0 spiro atoms. The summed E-state index contributed by atoms with van der Waals surface area (Å²) in [4.78, 5) is 11.3. The van der Waals surface area contributed by atoms with E-state index >= 15 is 0 Å². The molecule has 1 aromatic carbocycles. The zero-order chi connectivity index (χ0) is 15.6. The highest BCUT2D eigenvalue weighted by atomic mass is 16.4. The Balaban J connectivity index is 2.73. The lowest BCUT2D eigenvalue weighted by atomic mass is 10.0. The number of benzene rings is 1.